The van der Waals surface area contributed by atoms with Gasteiger partial charge < -0.3 is 30.3 Å². The van der Waals surface area contributed by atoms with Crippen molar-refractivity contribution in [3.8, 4) is 0 Å². The van der Waals surface area contributed by atoms with Crippen molar-refractivity contribution in [3.63, 3.8) is 0 Å². The van der Waals surface area contributed by atoms with Crippen LogP contribution in [0.3, 0.4) is 0 Å². The van der Waals surface area contributed by atoms with Gasteiger partial charge >= 0.3 is 5.97 Å². The Bertz CT molecular complexity index is 302. The lowest BCUT2D eigenvalue weighted by Crippen LogP contribution is -2.37. The summed E-state index contributed by atoms with van der Waals surface area (Å²) in [5.41, 5.74) is -1.11. The molecule has 0 radical (unpaired) electrons. The summed E-state index contributed by atoms with van der Waals surface area (Å²) in [7, 11) is 0. The van der Waals surface area contributed by atoms with Gasteiger partial charge in [0.05, 0.1) is 38.4 Å². The van der Waals surface area contributed by atoms with Gasteiger partial charge in [0.15, 0.2) is 0 Å². The van der Waals surface area contributed by atoms with Gasteiger partial charge in [-0.1, -0.05) is 77.6 Å². The molecule has 0 spiro atoms. The third kappa shape index (κ3) is 18.6. The van der Waals surface area contributed by atoms with Crippen LogP contribution in [0.5, 0.6) is 0 Å². The number of hydrogen-bond donors (Lipinski definition) is 5. The van der Waals surface area contributed by atoms with Crippen molar-refractivity contribution < 1.29 is 35.1 Å². The number of rotatable bonds is 18. The average Bonchev–Trinajstić information content (AvgIpc) is 2.74. The molecule has 0 unspecified atom stereocenters. The molecule has 0 aliphatic carbocycles. The summed E-state index contributed by atoms with van der Waals surface area (Å²) in [6, 6.07) is 0. The second kappa shape index (κ2) is 22.6. The Morgan fingerprint density at radius 1 is 0.643 bits per heavy atom. The van der Waals surface area contributed by atoms with E-state index in [1.807, 2.05) is 0 Å². The van der Waals surface area contributed by atoms with E-state index in [2.05, 4.69) is 6.92 Å². The van der Waals surface area contributed by atoms with E-state index in [-0.39, 0.29) is 0 Å². The van der Waals surface area contributed by atoms with Crippen molar-refractivity contribution in [2.45, 2.75) is 84.0 Å². The standard InChI is InChI=1S/C16H32O3.C5H12O4/c1-2-3-4-5-6-7-8-9-10-11-12-13-14-19-16(18)15-17;6-1-5(2-7,3-8)4-9/h17H,2-15H2,1H3;6-9H,1-4H2. The van der Waals surface area contributed by atoms with Gasteiger partial charge in [0.25, 0.3) is 0 Å². The van der Waals surface area contributed by atoms with Crippen molar-refractivity contribution in [2.75, 3.05) is 39.6 Å². The highest BCUT2D eigenvalue weighted by Crippen LogP contribution is 2.12. The zero-order valence-electron chi connectivity index (χ0n) is 17.8. The number of esters is 1. The number of aliphatic hydroxyl groups excluding tert-OH is 5. The molecule has 7 heteroatoms. The van der Waals surface area contributed by atoms with Crippen molar-refractivity contribution in [1.82, 2.24) is 0 Å². The Balaban J connectivity index is 0. The van der Waals surface area contributed by atoms with Crippen LogP contribution in [0.4, 0.5) is 0 Å². The number of carbonyl (C=O) groups is 1. The van der Waals surface area contributed by atoms with Crippen LogP contribution in [0.1, 0.15) is 84.0 Å². The van der Waals surface area contributed by atoms with Gasteiger partial charge in [0.2, 0.25) is 0 Å². The van der Waals surface area contributed by atoms with Crippen molar-refractivity contribution >= 4 is 5.97 Å². The predicted octanol–water partition coefficient (Wildman–Crippen LogP) is 2.17. The van der Waals surface area contributed by atoms with E-state index in [0.29, 0.717) is 6.61 Å². The second-order valence-corrected chi connectivity index (χ2v) is 7.40. The maximum atomic E-state index is 10.6. The zero-order valence-corrected chi connectivity index (χ0v) is 17.8. The van der Waals surface area contributed by atoms with Crippen LogP contribution in [-0.4, -0.2) is 71.1 Å². The highest BCUT2D eigenvalue weighted by molar-refractivity contribution is 5.70. The van der Waals surface area contributed by atoms with Gasteiger partial charge in [0.1, 0.15) is 6.61 Å². The molecule has 0 saturated heterocycles. The number of hydrogen-bond acceptors (Lipinski definition) is 7. The Morgan fingerprint density at radius 2 is 1.00 bits per heavy atom. The van der Waals surface area contributed by atoms with Gasteiger partial charge in [-0.3, -0.25) is 0 Å². The molecule has 0 rings (SSSR count). The average molecular weight is 409 g/mol. The Kier molecular flexibility index (Phi) is 23.7. The van der Waals surface area contributed by atoms with Crippen LogP contribution in [0, 0.1) is 5.41 Å². The monoisotopic (exact) mass is 408 g/mol. The van der Waals surface area contributed by atoms with Crippen LogP contribution < -0.4 is 0 Å². The molecule has 0 aliphatic rings. The van der Waals surface area contributed by atoms with Crippen LogP contribution in [-0.2, 0) is 9.53 Å². The number of carbonyl (C=O) groups excluding carboxylic acids is 1. The summed E-state index contributed by atoms with van der Waals surface area (Å²) in [5, 5.41) is 42.4. The topological polar surface area (TPSA) is 127 Å². The molecule has 0 aromatic heterocycles. The first-order valence-electron chi connectivity index (χ1n) is 10.8. The first-order valence-corrected chi connectivity index (χ1v) is 10.8. The number of ether oxygens (including phenoxy) is 1. The van der Waals surface area contributed by atoms with E-state index in [4.69, 9.17) is 30.3 Å². The van der Waals surface area contributed by atoms with Crippen molar-refractivity contribution in [3.05, 3.63) is 0 Å². The summed E-state index contributed by atoms with van der Waals surface area (Å²) >= 11 is 0. The molecule has 0 saturated carbocycles. The Hall–Kier alpha value is -0.730. The minimum Gasteiger partial charge on any atom is -0.464 e. The molecule has 28 heavy (non-hydrogen) atoms. The lowest BCUT2D eigenvalue weighted by molar-refractivity contribution is -0.147. The zero-order chi connectivity index (χ0) is 21.5. The normalized spacial score (nSPS) is 11.1. The van der Waals surface area contributed by atoms with E-state index in [9.17, 15) is 4.79 Å². The Labute approximate surface area is 170 Å². The highest BCUT2D eigenvalue weighted by atomic mass is 16.5. The van der Waals surface area contributed by atoms with Crippen LogP contribution >= 0.6 is 0 Å². The second-order valence-electron chi connectivity index (χ2n) is 7.40. The fraction of sp³-hybridized carbons (Fsp3) is 0.952. The predicted molar refractivity (Wildman–Crippen MR) is 110 cm³/mol. The number of aliphatic hydroxyl groups is 5. The van der Waals surface area contributed by atoms with Gasteiger partial charge in [-0.15, -0.1) is 0 Å². The minimum absolute atomic E-state index is 0.406. The third-order valence-electron chi connectivity index (χ3n) is 4.73. The third-order valence-corrected chi connectivity index (χ3v) is 4.73. The highest BCUT2D eigenvalue weighted by Gasteiger charge is 2.26. The first kappa shape index (κ1) is 29.5. The Morgan fingerprint density at radius 3 is 1.29 bits per heavy atom. The van der Waals surface area contributed by atoms with Crippen molar-refractivity contribution in [2.24, 2.45) is 5.41 Å². The minimum atomic E-state index is -1.11. The summed E-state index contributed by atoms with van der Waals surface area (Å²) in [5.74, 6) is -0.511. The van der Waals surface area contributed by atoms with Gasteiger partial charge in [0, 0.05) is 0 Å². The molecular weight excluding hydrogens is 364 g/mol. The molecule has 0 heterocycles. The van der Waals surface area contributed by atoms with E-state index < -0.39 is 44.4 Å². The molecule has 0 atom stereocenters. The van der Waals surface area contributed by atoms with Gasteiger partial charge in [-0.25, -0.2) is 4.79 Å². The van der Waals surface area contributed by atoms with Crippen LogP contribution in [0.15, 0.2) is 0 Å². The van der Waals surface area contributed by atoms with E-state index in [0.717, 1.165) is 12.8 Å². The molecule has 0 bridgehead atoms. The molecule has 0 fully saturated rings. The number of unbranched alkanes of at least 4 members (excludes halogenated alkanes) is 11. The molecule has 0 aliphatic heterocycles. The first-order chi connectivity index (χ1) is 13.6. The SMILES string of the molecule is CCCCCCCCCCCCCCOC(=O)CO.OCC(CO)(CO)CO. The van der Waals surface area contributed by atoms with Gasteiger partial charge in [-0.05, 0) is 6.42 Å². The summed E-state index contributed by atoms with van der Waals surface area (Å²) in [6.45, 7) is 0.583. The molecule has 0 aromatic carbocycles. The molecule has 7 nitrogen and oxygen atoms in total. The van der Waals surface area contributed by atoms with E-state index in [1.165, 1.54) is 64.2 Å². The summed E-state index contributed by atoms with van der Waals surface area (Å²) < 4.78 is 4.79. The van der Waals surface area contributed by atoms with Crippen LogP contribution in [0.2, 0.25) is 0 Å². The van der Waals surface area contributed by atoms with Gasteiger partial charge in [-0.2, -0.15) is 0 Å². The summed E-state index contributed by atoms with van der Waals surface area (Å²) in [6.07, 6.45) is 15.6. The molecule has 0 amide bonds. The fourth-order valence-electron chi connectivity index (χ4n) is 2.47. The molecular formula is C21H44O7. The van der Waals surface area contributed by atoms with E-state index >= 15 is 0 Å². The maximum absolute atomic E-state index is 10.6. The molecule has 5 N–H and O–H groups in total. The smallest absolute Gasteiger partial charge is 0.331 e. The lowest BCUT2D eigenvalue weighted by Gasteiger charge is -2.23. The van der Waals surface area contributed by atoms with Crippen LogP contribution in [0.25, 0.3) is 0 Å². The quantitative estimate of drug-likeness (QED) is 0.174. The maximum Gasteiger partial charge on any atom is 0.331 e. The molecule has 0 aromatic rings. The lowest BCUT2D eigenvalue weighted by atomic mass is 9.93. The summed E-state index contributed by atoms with van der Waals surface area (Å²) in [4.78, 5) is 10.6. The van der Waals surface area contributed by atoms with E-state index in [1.54, 1.807) is 0 Å². The largest absolute Gasteiger partial charge is 0.464 e. The molecule has 170 valence electrons. The van der Waals surface area contributed by atoms with Crippen molar-refractivity contribution in [1.29, 1.82) is 0 Å². The fourth-order valence-corrected chi connectivity index (χ4v) is 2.47.